The highest BCUT2D eigenvalue weighted by atomic mass is 32.2. The molecule has 2 aromatic rings. The molecule has 0 bridgehead atoms. The number of nitrogens with two attached hydrogens (primary N) is 1. The lowest BCUT2D eigenvalue weighted by Crippen LogP contribution is -2.20. The second kappa shape index (κ2) is 4.95. The molecule has 0 saturated carbocycles. The number of benzene rings is 1. The second-order valence-corrected chi connectivity index (χ2v) is 6.23. The Kier molecular flexibility index (Phi) is 3.61. The summed E-state index contributed by atoms with van der Waals surface area (Å²) in [6.45, 7) is 5.18. The summed E-state index contributed by atoms with van der Waals surface area (Å²) < 4.78 is 38.0. The molecule has 2 rings (SSSR count). The molecule has 0 atom stereocenters. The van der Waals surface area contributed by atoms with Crippen LogP contribution in [0.1, 0.15) is 25.5 Å². The SMILES string of the molecule is Cc1ccc(-c2nnc(S(N)(=O)=O)n2C(C)C)cc1F. The third-order valence-electron chi connectivity index (χ3n) is 2.87. The number of hydrogen-bond donors (Lipinski definition) is 1. The average Bonchev–Trinajstić information content (AvgIpc) is 2.77. The fourth-order valence-electron chi connectivity index (χ4n) is 1.87. The molecule has 0 radical (unpaired) electrons. The van der Waals surface area contributed by atoms with Gasteiger partial charge in [-0.15, -0.1) is 10.2 Å². The van der Waals surface area contributed by atoms with Crippen molar-refractivity contribution in [3.63, 3.8) is 0 Å². The van der Waals surface area contributed by atoms with Crippen molar-refractivity contribution < 1.29 is 12.8 Å². The van der Waals surface area contributed by atoms with E-state index in [1.807, 2.05) is 0 Å². The van der Waals surface area contributed by atoms with Crippen LogP contribution in [0.25, 0.3) is 11.4 Å². The summed E-state index contributed by atoms with van der Waals surface area (Å²) >= 11 is 0. The third-order valence-corrected chi connectivity index (χ3v) is 3.65. The van der Waals surface area contributed by atoms with Crippen molar-refractivity contribution in [3.8, 4) is 11.4 Å². The van der Waals surface area contributed by atoms with Gasteiger partial charge in [-0.3, -0.25) is 4.57 Å². The summed E-state index contributed by atoms with van der Waals surface area (Å²) in [5.74, 6) is -0.124. The van der Waals surface area contributed by atoms with E-state index in [0.717, 1.165) is 0 Å². The van der Waals surface area contributed by atoms with Gasteiger partial charge in [-0.2, -0.15) is 0 Å². The molecule has 0 amide bonds. The summed E-state index contributed by atoms with van der Waals surface area (Å²) in [5.41, 5.74) is 0.945. The van der Waals surface area contributed by atoms with Crippen LogP contribution < -0.4 is 5.14 Å². The van der Waals surface area contributed by atoms with Gasteiger partial charge in [-0.1, -0.05) is 12.1 Å². The van der Waals surface area contributed by atoms with E-state index in [2.05, 4.69) is 10.2 Å². The quantitative estimate of drug-likeness (QED) is 0.932. The lowest BCUT2D eigenvalue weighted by molar-refractivity contribution is 0.524. The molecule has 8 heteroatoms. The first-order chi connectivity index (χ1) is 9.21. The predicted molar refractivity (Wildman–Crippen MR) is 71.9 cm³/mol. The zero-order valence-electron chi connectivity index (χ0n) is 11.3. The molecular formula is C12H15FN4O2S. The number of sulfonamides is 1. The number of rotatable bonds is 3. The van der Waals surface area contributed by atoms with Gasteiger partial charge in [0.05, 0.1) is 0 Å². The van der Waals surface area contributed by atoms with Crippen molar-refractivity contribution in [1.29, 1.82) is 0 Å². The lowest BCUT2D eigenvalue weighted by atomic mass is 10.1. The first-order valence-corrected chi connectivity index (χ1v) is 7.50. The Morgan fingerprint density at radius 3 is 2.45 bits per heavy atom. The Morgan fingerprint density at radius 1 is 1.30 bits per heavy atom. The van der Waals surface area contributed by atoms with Crippen molar-refractivity contribution in [2.45, 2.75) is 32.0 Å². The van der Waals surface area contributed by atoms with E-state index >= 15 is 0 Å². The average molecular weight is 298 g/mol. The van der Waals surface area contributed by atoms with Crippen LogP contribution in [0.4, 0.5) is 4.39 Å². The van der Waals surface area contributed by atoms with Gasteiger partial charge in [0.15, 0.2) is 5.82 Å². The minimum absolute atomic E-state index is 0.238. The highest BCUT2D eigenvalue weighted by molar-refractivity contribution is 7.89. The highest BCUT2D eigenvalue weighted by Crippen LogP contribution is 2.25. The van der Waals surface area contributed by atoms with Crippen LogP contribution >= 0.6 is 0 Å². The van der Waals surface area contributed by atoms with E-state index in [-0.39, 0.29) is 17.0 Å². The standard InChI is InChI=1S/C12H15FN4O2S/c1-7(2)17-11(15-16-12(17)20(14,18)19)9-5-4-8(3)10(13)6-9/h4-7H,1-3H3,(H2,14,18,19). The minimum atomic E-state index is -3.99. The van der Waals surface area contributed by atoms with Crippen LogP contribution in [0, 0.1) is 12.7 Å². The van der Waals surface area contributed by atoms with E-state index in [9.17, 15) is 12.8 Å². The zero-order valence-corrected chi connectivity index (χ0v) is 12.1. The monoisotopic (exact) mass is 298 g/mol. The number of aryl methyl sites for hydroxylation is 1. The topological polar surface area (TPSA) is 90.9 Å². The van der Waals surface area contributed by atoms with Gasteiger partial charge < -0.3 is 0 Å². The van der Waals surface area contributed by atoms with Crippen molar-refractivity contribution >= 4 is 10.0 Å². The molecule has 1 heterocycles. The van der Waals surface area contributed by atoms with Gasteiger partial charge in [0, 0.05) is 11.6 Å². The summed E-state index contributed by atoms with van der Waals surface area (Å²) in [5, 5.41) is 12.2. The van der Waals surface area contributed by atoms with Crippen molar-refractivity contribution in [3.05, 3.63) is 29.6 Å². The molecule has 108 valence electrons. The van der Waals surface area contributed by atoms with Crippen LogP contribution in [0.2, 0.25) is 0 Å². The van der Waals surface area contributed by atoms with E-state index < -0.39 is 15.8 Å². The molecule has 0 spiro atoms. The molecule has 0 aliphatic carbocycles. The Hall–Kier alpha value is -1.80. The van der Waals surface area contributed by atoms with Crippen LogP contribution in [0.5, 0.6) is 0 Å². The van der Waals surface area contributed by atoms with E-state index in [1.54, 1.807) is 32.9 Å². The second-order valence-electron chi connectivity index (χ2n) is 4.78. The summed E-state index contributed by atoms with van der Waals surface area (Å²) in [4.78, 5) is 0. The largest absolute Gasteiger partial charge is 0.294 e. The zero-order chi connectivity index (χ0) is 15.1. The van der Waals surface area contributed by atoms with Gasteiger partial charge in [0.1, 0.15) is 5.82 Å². The molecule has 1 aromatic heterocycles. The fraction of sp³-hybridized carbons (Fsp3) is 0.333. The fourth-order valence-corrected chi connectivity index (χ4v) is 2.59. The lowest BCUT2D eigenvalue weighted by Gasteiger charge is -2.13. The number of halogens is 1. The van der Waals surface area contributed by atoms with Crippen molar-refractivity contribution in [2.75, 3.05) is 0 Å². The minimum Gasteiger partial charge on any atom is -0.294 e. The van der Waals surface area contributed by atoms with Gasteiger partial charge >= 0.3 is 0 Å². The maximum atomic E-state index is 13.6. The number of primary sulfonamides is 1. The van der Waals surface area contributed by atoms with Gasteiger partial charge in [-0.25, -0.2) is 17.9 Å². The normalized spacial score (nSPS) is 12.1. The molecule has 6 nitrogen and oxygen atoms in total. The molecule has 1 aromatic carbocycles. The first-order valence-electron chi connectivity index (χ1n) is 5.96. The molecule has 2 N–H and O–H groups in total. The smallest absolute Gasteiger partial charge is 0.273 e. The van der Waals surface area contributed by atoms with Crippen LogP contribution in [-0.2, 0) is 10.0 Å². The number of aromatic nitrogens is 3. The van der Waals surface area contributed by atoms with E-state index in [1.165, 1.54) is 10.6 Å². The number of hydrogen-bond acceptors (Lipinski definition) is 4. The van der Waals surface area contributed by atoms with Gasteiger partial charge in [-0.05, 0) is 32.4 Å². The molecular weight excluding hydrogens is 283 g/mol. The Morgan fingerprint density at radius 2 is 1.95 bits per heavy atom. The maximum absolute atomic E-state index is 13.6. The van der Waals surface area contributed by atoms with Crippen molar-refractivity contribution in [2.24, 2.45) is 5.14 Å². The van der Waals surface area contributed by atoms with Crippen LogP contribution in [0.15, 0.2) is 23.4 Å². The highest BCUT2D eigenvalue weighted by Gasteiger charge is 2.24. The predicted octanol–water partition coefficient (Wildman–Crippen LogP) is 1.62. The first kappa shape index (κ1) is 14.6. The number of nitrogens with zero attached hydrogens (tertiary/aromatic N) is 3. The van der Waals surface area contributed by atoms with Crippen LogP contribution in [0.3, 0.4) is 0 Å². The Balaban J connectivity index is 2.69. The molecule has 0 aliphatic rings. The van der Waals surface area contributed by atoms with E-state index in [0.29, 0.717) is 11.1 Å². The molecule has 0 unspecified atom stereocenters. The van der Waals surface area contributed by atoms with E-state index in [4.69, 9.17) is 5.14 Å². The third kappa shape index (κ3) is 2.56. The van der Waals surface area contributed by atoms with Gasteiger partial charge in [0.2, 0.25) is 0 Å². The molecule has 0 fully saturated rings. The Labute approximate surface area is 116 Å². The molecule has 0 saturated heterocycles. The summed E-state index contributed by atoms with van der Waals surface area (Å²) in [7, 11) is -3.99. The summed E-state index contributed by atoms with van der Waals surface area (Å²) in [6.07, 6.45) is 0. The summed E-state index contributed by atoms with van der Waals surface area (Å²) in [6, 6.07) is 4.32. The van der Waals surface area contributed by atoms with Crippen LogP contribution in [-0.4, -0.2) is 23.2 Å². The van der Waals surface area contributed by atoms with Gasteiger partial charge in [0.25, 0.3) is 15.2 Å². The Bertz CT molecular complexity index is 753. The molecule has 20 heavy (non-hydrogen) atoms. The molecule has 0 aliphatic heterocycles. The maximum Gasteiger partial charge on any atom is 0.273 e. The van der Waals surface area contributed by atoms with Crippen molar-refractivity contribution in [1.82, 2.24) is 14.8 Å².